The zero-order chi connectivity index (χ0) is 20.6. The largest absolute Gasteiger partial charge is 0.395 e. The van der Waals surface area contributed by atoms with Crippen molar-refractivity contribution in [2.75, 3.05) is 26.2 Å². The third kappa shape index (κ3) is 5.87. The third-order valence-corrected chi connectivity index (χ3v) is 5.31. The van der Waals surface area contributed by atoms with Gasteiger partial charge in [-0.2, -0.15) is 0 Å². The highest BCUT2D eigenvalue weighted by molar-refractivity contribution is 5.84. The molecule has 0 aliphatic carbocycles. The summed E-state index contributed by atoms with van der Waals surface area (Å²) >= 11 is 0. The fraction of sp³-hybridized carbons (Fsp3) is 0.391. The van der Waals surface area contributed by atoms with Gasteiger partial charge >= 0.3 is 0 Å². The van der Waals surface area contributed by atoms with Gasteiger partial charge in [0.25, 0.3) is 0 Å². The van der Waals surface area contributed by atoms with Crippen molar-refractivity contribution in [1.29, 1.82) is 0 Å². The second-order valence-corrected chi connectivity index (χ2v) is 7.42. The minimum Gasteiger partial charge on any atom is -0.395 e. The van der Waals surface area contributed by atoms with E-state index in [-0.39, 0.29) is 36.7 Å². The molecule has 0 bridgehead atoms. The Labute approximate surface area is 170 Å². The van der Waals surface area contributed by atoms with Crippen LogP contribution in [0.15, 0.2) is 54.6 Å². The Morgan fingerprint density at radius 2 is 1.90 bits per heavy atom. The summed E-state index contributed by atoms with van der Waals surface area (Å²) in [5, 5.41) is 9.40. The Bertz CT molecular complexity index is 828. The molecule has 1 aliphatic rings. The lowest BCUT2D eigenvalue weighted by molar-refractivity contribution is -0.143. The van der Waals surface area contributed by atoms with E-state index in [1.807, 2.05) is 36.4 Å². The van der Waals surface area contributed by atoms with Gasteiger partial charge in [-0.05, 0) is 36.1 Å². The van der Waals surface area contributed by atoms with Gasteiger partial charge in [-0.15, -0.1) is 0 Å². The Balaban J connectivity index is 1.62. The molecule has 1 fully saturated rings. The Morgan fingerprint density at radius 1 is 1.14 bits per heavy atom. The number of carbonyl (C=O) groups excluding carboxylic acids is 2. The number of benzene rings is 2. The second-order valence-electron chi connectivity index (χ2n) is 7.42. The number of halogens is 1. The van der Waals surface area contributed by atoms with Gasteiger partial charge in [-0.1, -0.05) is 42.5 Å². The van der Waals surface area contributed by atoms with E-state index in [4.69, 9.17) is 0 Å². The lowest BCUT2D eigenvalue weighted by Crippen LogP contribution is -2.48. The summed E-state index contributed by atoms with van der Waals surface area (Å²) < 4.78 is 13.4. The van der Waals surface area contributed by atoms with Crippen LogP contribution in [0.4, 0.5) is 4.39 Å². The van der Waals surface area contributed by atoms with Gasteiger partial charge in [-0.25, -0.2) is 4.39 Å². The number of amides is 2. The molecule has 154 valence electrons. The number of likely N-dealkylation sites (tertiary alicyclic amines) is 1. The van der Waals surface area contributed by atoms with Crippen molar-refractivity contribution in [1.82, 2.24) is 9.80 Å². The smallest absolute Gasteiger partial charge is 0.227 e. The van der Waals surface area contributed by atoms with E-state index >= 15 is 0 Å². The maximum Gasteiger partial charge on any atom is 0.227 e. The molecule has 2 amide bonds. The molecule has 1 atom stereocenters. The summed E-state index contributed by atoms with van der Waals surface area (Å²) in [6.45, 7) is 1.43. The Morgan fingerprint density at radius 3 is 2.62 bits per heavy atom. The number of rotatable bonds is 8. The van der Waals surface area contributed by atoms with Crippen LogP contribution in [-0.4, -0.2) is 53.0 Å². The summed E-state index contributed by atoms with van der Waals surface area (Å²) in [4.78, 5) is 28.8. The van der Waals surface area contributed by atoms with Crippen LogP contribution in [0.3, 0.4) is 0 Å². The molecular formula is C23H27FN2O3. The number of carbonyl (C=O) groups is 2. The molecule has 29 heavy (non-hydrogen) atoms. The predicted octanol–water partition coefficient (Wildman–Crippen LogP) is 2.63. The summed E-state index contributed by atoms with van der Waals surface area (Å²) in [6, 6.07) is 16.0. The zero-order valence-corrected chi connectivity index (χ0v) is 16.5. The maximum absolute atomic E-state index is 13.4. The molecule has 2 aromatic rings. The Hall–Kier alpha value is -2.73. The minimum absolute atomic E-state index is 0.0298. The van der Waals surface area contributed by atoms with E-state index in [1.54, 1.807) is 15.9 Å². The standard InChI is InChI=1S/C23H27FN2O3/c24-21-8-4-7-18(15-21)11-12-25-17-20(9-10-22(25)28)23(29)26(13-14-27)16-19-5-2-1-3-6-19/h1-8,15,20,27H,9-14,16-17H2/t20-/m1/s1. The summed E-state index contributed by atoms with van der Waals surface area (Å²) in [6.07, 6.45) is 1.40. The number of aliphatic hydroxyl groups is 1. The lowest BCUT2D eigenvalue weighted by Gasteiger charge is -2.35. The number of hydrogen-bond acceptors (Lipinski definition) is 3. The van der Waals surface area contributed by atoms with Crippen LogP contribution in [0.2, 0.25) is 0 Å². The number of hydrogen-bond donors (Lipinski definition) is 1. The van der Waals surface area contributed by atoms with Crippen molar-refractivity contribution in [3.63, 3.8) is 0 Å². The highest BCUT2D eigenvalue weighted by Crippen LogP contribution is 2.21. The average Bonchev–Trinajstić information content (AvgIpc) is 2.73. The van der Waals surface area contributed by atoms with Crippen LogP contribution in [0, 0.1) is 11.7 Å². The van der Waals surface area contributed by atoms with Gasteiger partial charge in [0, 0.05) is 32.6 Å². The fourth-order valence-electron chi connectivity index (χ4n) is 3.74. The number of nitrogens with zero attached hydrogens (tertiary/aromatic N) is 2. The van der Waals surface area contributed by atoms with E-state index in [0.29, 0.717) is 38.9 Å². The maximum atomic E-state index is 13.4. The SMILES string of the molecule is O=C1CC[C@@H](C(=O)N(CCO)Cc2ccccc2)CN1CCc1cccc(F)c1. The van der Waals surface area contributed by atoms with Crippen LogP contribution >= 0.6 is 0 Å². The molecule has 1 saturated heterocycles. The van der Waals surface area contributed by atoms with E-state index in [2.05, 4.69) is 0 Å². The summed E-state index contributed by atoms with van der Waals surface area (Å²) in [5.74, 6) is -0.579. The predicted molar refractivity (Wildman–Crippen MR) is 108 cm³/mol. The zero-order valence-electron chi connectivity index (χ0n) is 16.5. The average molecular weight is 398 g/mol. The van der Waals surface area contributed by atoms with Crippen LogP contribution in [0.5, 0.6) is 0 Å². The molecule has 0 radical (unpaired) electrons. The number of aliphatic hydroxyl groups excluding tert-OH is 1. The van der Waals surface area contributed by atoms with Crippen molar-refractivity contribution in [2.45, 2.75) is 25.8 Å². The van der Waals surface area contributed by atoms with Crippen molar-refractivity contribution in [3.8, 4) is 0 Å². The van der Waals surface area contributed by atoms with Crippen LogP contribution in [0.1, 0.15) is 24.0 Å². The molecule has 6 heteroatoms. The summed E-state index contributed by atoms with van der Waals surface area (Å²) in [5.41, 5.74) is 1.83. The molecule has 0 unspecified atom stereocenters. The van der Waals surface area contributed by atoms with Gasteiger partial charge < -0.3 is 14.9 Å². The molecule has 0 spiro atoms. The first-order chi connectivity index (χ1) is 14.1. The van der Waals surface area contributed by atoms with E-state index in [9.17, 15) is 19.1 Å². The Kier molecular flexibility index (Phi) is 7.36. The van der Waals surface area contributed by atoms with E-state index < -0.39 is 0 Å². The molecule has 0 saturated carbocycles. The third-order valence-electron chi connectivity index (χ3n) is 5.31. The van der Waals surface area contributed by atoms with Crippen molar-refractivity contribution < 1.29 is 19.1 Å². The second kappa shape index (κ2) is 10.2. The molecule has 3 rings (SSSR count). The van der Waals surface area contributed by atoms with Crippen LogP contribution < -0.4 is 0 Å². The first-order valence-corrected chi connectivity index (χ1v) is 10.0. The van der Waals surface area contributed by atoms with Gasteiger partial charge in [0.1, 0.15) is 5.82 Å². The lowest BCUT2D eigenvalue weighted by atomic mass is 9.95. The van der Waals surface area contributed by atoms with Crippen LogP contribution in [0.25, 0.3) is 0 Å². The normalized spacial score (nSPS) is 16.7. The molecule has 1 aliphatic heterocycles. The first kappa shape index (κ1) is 21.0. The molecule has 1 heterocycles. The quantitative estimate of drug-likeness (QED) is 0.744. The highest BCUT2D eigenvalue weighted by atomic mass is 19.1. The monoisotopic (exact) mass is 398 g/mol. The van der Waals surface area contributed by atoms with Crippen molar-refractivity contribution in [2.24, 2.45) is 5.92 Å². The fourth-order valence-corrected chi connectivity index (χ4v) is 3.74. The topological polar surface area (TPSA) is 60.9 Å². The summed E-state index contributed by atoms with van der Waals surface area (Å²) in [7, 11) is 0. The van der Waals surface area contributed by atoms with E-state index in [1.165, 1.54) is 12.1 Å². The van der Waals surface area contributed by atoms with Gasteiger partial charge in [0.15, 0.2) is 0 Å². The molecule has 2 aromatic carbocycles. The van der Waals surface area contributed by atoms with Crippen molar-refractivity contribution in [3.05, 3.63) is 71.5 Å². The van der Waals surface area contributed by atoms with Gasteiger partial charge in [0.05, 0.1) is 12.5 Å². The molecular weight excluding hydrogens is 371 g/mol. The van der Waals surface area contributed by atoms with Gasteiger partial charge in [-0.3, -0.25) is 9.59 Å². The van der Waals surface area contributed by atoms with E-state index in [0.717, 1.165) is 11.1 Å². The molecule has 5 nitrogen and oxygen atoms in total. The van der Waals surface area contributed by atoms with Gasteiger partial charge in [0.2, 0.25) is 11.8 Å². The minimum atomic E-state index is -0.291. The van der Waals surface area contributed by atoms with Crippen molar-refractivity contribution >= 4 is 11.8 Å². The first-order valence-electron chi connectivity index (χ1n) is 10.0. The molecule has 1 N–H and O–H groups in total. The molecule has 0 aromatic heterocycles. The number of piperidine rings is 1. The van der Waals surface area contributed by atoms with Crippen LogP contribution in [-0.2, 0) is 22.6 Å². The highest BCUT2D eigenvalue weighted by Gasteiger charge is 2.32.